The number of hydrogen-bond acceptors (Lipinski definition) is 3. The molecule has 1 saturated heterocycles. The maximum Gasteiger partial charge on any atom is 0.100 e. The Morgan fingerprint density at radius 3 is 2.80 bits per heavy atom. The van der Waals surface area contributed by atoms with Crippen molar-refractivity contribution < 1.29 is 9.84 Å². The molecule has 1 fully saturated rings. The number of rotatable bonds is 1. The monoisotopic (exact) mass is 145 g/mol. The molecule has 3 nitrogen and oxygen atoms in total. The molecular weight excluding hydrogens is 130 g/mol. The fourth-order valence-electron chi connectivity index (χ4n) is 1.35. The highest BCUT2D eigenvalue weighted by Gasteiger charge is 2.33. The van der Waals surface area contributed by atoms with Crippen LogP contribution >= 0.6 is 0 Å². The van der Waals surface area contributed by atoms with Gasteiger partial charge in [0, 0.05) is 12.6 Å². The van der Waals surface area contributed by atoms with Crippen molar-refractivity contribution in [1.82, 2.24) is 5.32 Å². The van der Waals surface area contributed by atoms with Crippen molar-refractivity contribution in [3.8, 4) is 0 Å². The molecule has 0 aromatic heterocycles. The number of aliphatic hydroxyl groups is 1. The van der Waals surface area contributed by atoms with Gasteiger partial charge in [-0.3, -0.25) is 0 Å². The predicted octanol–water partition coefficient (Wildman–Crippen LogP) is -0.254. The third kappa shape index (κ3) is 1.48. The summed E-state index contributed by atoms with van der Waals surface area (Å²) < 4.78 is 5.13. The molecule has 10 heavy (non-hydrogen) atoms. The maximum absolute atomic E-state index is 9.65. The van der Waals surface area contributed by atoms with Gasteiger partial charge >= 0.3 is 0 Å². The molecule has 0 saturated carbocycles. The summed E-state index contributed by atoms with van der Waals surface area (Å²) >= 11 is 0. The van der Waals surface area contributed by atoms with Gasteiger partial charge in [0.2, 0.25) is 0 Å². The molecule has 0 bridgehead atoms. The summed E-state index contributed by atoms with van der Waals surface area (Å²) in [5, 5.41) is 12.7. The van der Waals surface area contributed by atoms with Crippen LogP contribution in [0.2, 0.25) is 0 Å². The Morgan fingerprint density at radius 1 is 1.70 bits per heavy atom. The SMILES string of the molecule is CN[C@@H]1CCOC[C@]1(C)O. The van der Waals surface area contributed by atoms with E-state index in [2.05, 4.69) is 5.32 Å². The number of hydrogen-bond donors (Lipinski definition) is 2. The van der Waals surface area contributed by atoms with E-state index in [-0.39, 0.29) is 6.04 Å². The number of likely N-dealkylation sites (N-methyl/N-ethyl adjacent to an activating group) is 1. The van der Waals surface area contributed by atoms with E-state index in [1.165, 1.54) is 0 Å². The Morgan fingerprint density at radius 2 is 2.40 bits per heavy atom. The molecule has 2 N–H and O–H groups in total. The standard InChI is InChI=1S/C7H15NO2/c1-7(9)5-10-4-3-6(7)8-2/h6,8-9H,3-5H2,1-2H3/t6-,7+/m1/s1. The molecule has 0 spiro atoms. The van der Waals surface area contributed by atoms with Crippen molar-refractivity contribution in [2.45, 2.75) is 25.0 Å². The van der Waals surface area contributed by atoms with Gasteiger partial charge in [0.25, 0.3) is 0 Å². The van der Waals surface area contributed by atoms with Gasteiger partial charge in [-0.25, -0.2) is 0 Å². The van der Waals surface area contributed by atoms with Crippen LogP contribution in [0.1, 0.15) is 13.3 Å². The largest absolute Gasteiger partial charge is 0.386 e. The first-order valence-electron chi connectivity index (χ1n) is 3.64. The zero-order valence-corrected chi connectivity index (χ0v) is 6.55. The molecule has 0 aromatic carbocycles. The van der Waals surface area contributed by atoms with Crippen LogP contribution in [0.5, 0.6) is 0 Å². The summed E-state index contributed by atoms with van der Waals surface area (Å²) in [4.78, 5) is 0. The summed E-state index contributed by atoms with van der Waals surface area (Å²) in [6.07, 6.45) is 0.892. The zero-order valence-electron chi connectivity index (χ0n) is 6.55. The molecule has 0 unspecified atom stereocenters. The fourth-order valence-corrected chi connectivity index (χ4v) is 1.35. The third-order valence-corrected chi connectivity index (χ3v) is 2.04. The van der Waals surface area contributed by atoms with Crippen LogP contribution in [-0.4, -0.2) is 37.0 Å². The van der Waals surface area contributed by atoms with E-state index in [0.717, 1.165) is 13.0 Å². The van der Waals surface area contributed by atoms with Gasteiger partial charge in [0.05, 0.1) is 6.61 Å². The molecule has 1 heterocycles. The van der Waals surface area contributed by atoms with Crippen molar-refractivity contribution in [2.75, 3.05) is 20.3 Å². The lowest BCUT2D eigenvalue weighted by atomic mass is 9.93. The second kappa shape index (κ2) is 2.86. The zero-order chi connectivity index (χ0) is 7.61. The molecule has 0 radical (unpaired) electrons. The van der Waals surface area contributed by atoms with E-state index in [1.807, 2.05) is 7.05 Å². The average molecular weight is 145 g/mol. The van der Waals surface area contributed by atoms with Gasteiger partial charge in [0.1, 0.15) is 5.60 Å². The highest BCUT2D eigenvalue weighted by atomic mass is 16.5. The smallest absolute Gasteiger partial charge is 0.100 e. The van der Waals surface area contributed by atoms with Crippen molar-refractivity contribution in [1.29, 1.82) is 0 Å². The van der Waals surface area contributed by atoms with Crippen LogP contribution in [0.25, 0.3) is 0 Å². The molecule has 0 amide bonds. The second-order valence-corrected chi connectivity index (χ2v) is 3.04. The molecule has 3 heteroatoms. The quantitative estimate of drug-likeness (QED) is 0.534. The highest BCUT2D eigenvalue weighted by molar-refractivity contribution is 4.89. The van der Waals surface area contributed by atoms with Crippen molar-refractivity contribution in [3.63, 3.8) is 0 Å². The van der Waals surface area contributed by atoms with Crippen molar-refractivity contribution in [2.24, 2.45) is 0 Å². The maximum atomic E-state index is 9.65. The van der Waals surface area contributed by atoms with E-state index >= 15 is 0 Å². The molecule has 2 atom stereocenters. The van der Waals surface area contributed by atoms with Gasteiger partial charge in [0.15, 0.2) is 0 Å². The van der Waals surface area contributed by atoms with E-state index in [4.69, 9.17) is 4.74 Å². The summed E-state index contributed by atoms with van der Waals surface area (Å²) in [6, 6.07) is 0.182. The first-order valence-corrected chi connectivity index (χ1v) is 3.64. The molecule has 1 rings (SSSR count). The third-order valence-electron chi connectivity index (χ3n) is 2.04. The lowest BCUT2D eigenvalue weighted by Gasteiger charge is -2.36. The Kier molecular flexibility index (Phi) is 2.28. The molecule has 60 valence electrons. The first kappa shape index (κ1) is 7.98. The van der Waals surface area contributed by atoms with Crippen molar-refractivity contribution in [3.05, 3.63) is 0 Å². The molecule has 1 aliphatic heterocycles. The van der Waals surface area contributed by atoms with E-state index in [1.54, 1.807) is 6.92 Å². The average Bonchev–Trinajstić information content (AvgIpc) is 1.87. The van der Waals surface area contributed by atoms with Crippen LogP contribution in [0.4, 0.5) is 0 Å². The van der Waals surface area contributed by atoms with Gasteiger partial charge in [-0.1, -0.05) is 0 Å². The molecule has 1 aliphatic rings. The Hall–Kier alpha value is -0.120. The van der Waals surface area contributed by atoms with Gasteiger partial charge in [-0.2, -0.15) is 0 Å². The number of nitrogens with one attached hydrogen (secondary N) is 1. The van der Waals surface area contributed by atoms with Crippen LogP contribution in [0.3, 0.4) is 0 Å². The summed E-state index contributed by atoms with van der Waals surface area (Å²) in [5.74, 6) is 0. The molecular formula is C7H15NO2. The highest BCUT2D eigenvalue weighted by Crippen LogP contribution is 2.17. The van der Waals surface area contributed by atoms with Gasteiger partial charge < -0.3 is 15.2 Å². The lowest BCUT2D eigenvalue weighted by Crippen LogP contribution is -2.54. The number of ether oxygens (including phenoxy) is 1. The molecule has 0 aromatic rings. The summed E-state index contributed by atoms with van der Waals surface area (Å²) in [6.45, 7) is 2.99. The minimum absolute atomic E-state index is 0.182. The van der Waals surface area contributed by atoms with Crippen LogP contribution in [0.15, 0.2) is 0 Å². The predicted molar refractivity (Wildman–Crippen MR) is 38.9 cm³/mol. The van der Waals surface area contributed by atoms with Gasteiger partial charge in [-0.15, -0.1) is 0 Å². The van der Waals surface area contributed by atoms with Crippen LogP contribution in [-0.2, 0) is 4.74 Å². The Labute approximate surface area is 61.4 Å². The normalized spacial score (nSPS) is 41.7. The van der Waals surface area contributed by atoms with E-state index in [0.29, 0.717) is 6.61 Å². The first-order chi connectivity index (χ1) is 4.67. The van der Waals surface area contributed by atoms with Crippen molar-refractivity contribution >= 4 is 0 Å². The topological polar surface area (TPSA) is 41.5 Å². The Balaban J connectivity index is 2.51. The summed E-state index contributed by atoms with van der Waals surface area (Å²) in [7, 11) is 1.87. The van der Waals surface area contributed by atoms with E-state index < -0.39 is 5.60 Å². The second-order valence-electron chi connectivity index (χ2n) is 3.04. The van der Waals surface area contributed by atoms with E-state index in [9.17, 15) is 5.11 Å². The lowest BCUT2D eigenvalue weighted by molar-refractivity contribution is -0.0936. The van der Waals surface area contributed by atoms with Crippen LogP contribution in [0, 0.1) is 0 Å². The molecule has 0 aliphatic carbocycles. The Bertz CT molecular complexity index is 114. The summed E-state index contributed by atoms with van der Waals surface area (Å²) in [5.41, 5.74) is -0.688. The minimum Gasteiger partial charge on any atom is -0.386 e. The van der Waals surface area contributed by atoms with Gasteiger partial charge in [-0.05, 0) is 20.4 Å². The van der Waals surface area contributed by atoms with Crippen LogP contribution < -0.4 is 5.32 Å². The minimum atomic E-state index is -0.688. The fraction of sp³-hybridized carbons (Fsp3) is 1.00.